The van der Waals surface area contributed by atoms with E-state index in [0.717, 1.165) is 48.8 Å². The number of carbonyl (C=O) groups excluding carboxylic acids is 2. The van der Waals surface area contributed by atoms with Gasteiger partial charge in [0.15, 0.2) is 0 Å². The number of hydrogen-bond acceptors (Lipinski definition) is 5. The van der Waals surface area contributed by atoms with E-state index in [1.807, 2.05) is 12.1 Å². The highest BCUT2D eigenvalue weighted by Gasteiger charge is 2.47. The second kappa shape index (κ2) is 6.82. The van der Waals surface area contributed by atoms with Crippen LogP contribution in [0.3, 0.4) is 0 Å². The number of rotatable bonds is 2. The Bertz CT molecular complexity index is 994. The molecule has 152 valence electrons. The van der Waals surface area contributed by atoms with Gasteiger partial charge in [0, 0.05) is 25.5 Å². The molecule has 2 fully saturated rings. The number of benzene rings is 2. The number of ether oxygens (including phenoxy) is 1. The maximum absolute atomic E-state index is 12.8. The van der Waals surface area contributed by atoms with E-state index in [1.165, 1.54) is 5.56 Å². The Morgan fingerprint density at radius 2 is 1.97 bits per heavy atom. The molecule has 1 atom stereocenters. The highest BCUT2D eigenvalue weighted by Crippen LogP contribution is 2.41. The third-order valence-electron chi connectivity index (χ3n) is 6.91. The molecule has 1 unspecified atom stereocenters. The summed E-state index contributed by atoms with van der Waals surface area (Å²) in [6, 6.07) is 10.0. The van der Waals surface area contributed by atoms with Crippen molar-refractivity contribution in [3.05, 3.63) is 47.0 Å². The molecule has 2 saturated heterocycles. The fourth-order valence-corrected chi connectivity index (χ4v) is 5.39. The van der Waals surface area contributed by atoms with Crippen LogP contribution in [0.15, 0.2) is 30.3 Å². The minimum atomic E-state index is -0.426. The topological polar surface area (TPSA) is 70.1 Å². The van der Waals surface area contributed by atoms with Crippen molar-refractivity contribution in [3.8, 4) is 0 Å². The van der Waals surface area contributed by atoms with Gasteiger partial charge in [-0.2, -0.15) is 0 Å². The summed E-state index contributed by atoms with van der Waals surface area (Å²) in [6.07, 6.45) is 1.71. The van der Waals surface area contributed by atoms with Crippen LogP contribution in [0.5, 0.6) is 0 Å². The molecule has 0 bridgehead atoms. The molecule has 0 saturated carbocycles. The lowest BCUT2D eigenvalue weighted by Crippen LogP contribution is -2.56. The number of piperidine rings is 2. The van der Waals surface area contributed by atoms with Crippen LogP contribution in [0.25, 0.3) is 10.8 Å². The third-order valence-corrected chi connectivity index (χ3v) is 6.91. The number of β-amino-alcohol motifs (C(OH)–C–C–N with tert-alkyl or cyclic N) is 1. The van der Waals surface area contributed by atoms with E-state index in [9.17, 15) is 14.7 Å². The van der Waals surface area contributed by atoms with E-state index in [2.05, 4.69) is 23.1 Å². The van der Waals surface area contributed by atoms with Crippen molar-refractivity contribution < 1.29 is 19.4 Å². The SMILES string of the molecule is CN1CC(O)CC2(CCN(Cc3ccc4c5c(cccc35)C(=O)OC4)CC2)C1=O. The van der Waals surface area contributed by atoms with Gasteiger partial charge in [0.1, 0.15) is 6.61 Å². The highest BCUT2D eigenvalue weighted by atomic mass is 16.5. The van der Waals surface area contributed by atoms with Crippen LogP contribution in [-0.2, 0) is 22.7 Å². The molecule has 3 aliphatic heterocycles. The van der Waals surface area contributed by atoms with Crippen LogP contribution < -0.4 is 0 Å². The Kier molecular flexibility index (Phi) is 4.37. The minimum absolute atomic E-state index is 0.183. The second-order valence-electron chi connectivity index (χ2n) is 8.79. The number of nitrogens with zero attached hydrogens (tertiary/aromatic N) is 2. The predicted molar refractivity (Wildman–Crippen MR) is 108 cm³/mol. The molecule has 3 heterocycles. The van der Waals surface area contributed by atoms with Gasteiger partial charge in [0.2, 0.25) is 5.91 Å². The minimum Gasteiger partial charge on any atom is -0.457 e. The Hall–Kier alpha value is -2.44. The molecular formula is C23H26N2O4. The number of amides is 1. The van der Waals surface area contributed by atoms with Gasteiger partial charge in [-0.1, -0.05) is 24.3 Å². The number of cyclic esters (lactones) is 1. The van der Waals surface area contributed by atoms with E-state index < -0.39 is 11.5 Å². The molecule has 29 heavy (non-hydrogen) atoms. The number of esters is 1. The first-order valence-electron chi connectivity index (χ1n) is 10.3. The molecule has 1 amide bonds. The number of hydrogen-bond donors (Lipinski definition) is 1. The lowest BCUT2D eigenvalue weighted by molar-refractivity contribution is -0.154. The zero-order valence-corrected chi connectivity index (χ0v) is 16.7. The first kappa shape index (κ1) is 18.6. The normalized spacial score (nSPS) is 24.2. The number of aliphatic hydroxyl groups excluding tert-OH is 1. The van der Waals surface area contributed by atoms with E-state index in [0.29, 0.717) is 25.1 Å². The summed E-state index contributed by atoms with van der Waals surface area (Å²) in [5, 5.41) is 12.3. The van der Waals surface area contributed by atoms with Gasteiger partial charge in [-0.25, -0.2) is 4.79 Å². The van der Waals surface area contributed by atoms with Crippen molar-refractivity contribution in [2.75, 3.05) is 26.7 Å². The average molecular weight is 394 g/mol. The van der Waals surface area contributed by atoms with Gasteiger partial charge < -0.3 is 14.7 Å². The molecule has 2 aromatic carbocycles. The van der Waals surface area contributed by atoms with E-state index >= 15 is 0 Å². The second-order valence-corrected chi connectivity index (χ2v) is 8.79. The van der Waals surface area contributed by atoms with Crippen molar-refractivity contribution in [2.24, 2.45) is 5.41 Å². The average Bonchev–Trinajstić information content (AvgIpc) is 2.72. The summed E-state index contributed by atoms with van der Waals surface area (Å²) in [5.74, 6) is -0.0683. The van der Waals surface area contributed by atoms with Gasteiger partial charge in [-0.3, -0.25) is 9.69 Å². The van der Waals surface area contributed by atoms with Gasteiger partial charge in [-0.05, 0) is 54.9 Å². The lowest BCUT2D eigenvalue weighted by Gasteiger charge is -2.47. The van der Waals surface area contributed by atoms with Crippen LogP contribution in [0, 0.1) is 5.41 Å². The monoisotopic (exact) mass is 394 g/mol. The summed E-state index contributed by atoms with van der Waals surface area (Å²) in [6.45, 7) is 3.22. The van der Waals surface area contributed by atoms with Crippen LogP contribution >= 0.6 is 0 Å². The van der Waals surface area contributed by atoms with Crippen molar-refractivity contribution in [2.45, 2.75) is 38.5 Å². The van der Waals surface area contributed by atoms with E-state index in [4.69, 9.17) is 4.74 Å². The number of likely N-dealkylation sites (N-methyl/N-ethyl adjacent to an activating group) is 1. The number of carbonyl (C=O) groups is 2. The summed E-state index contributed by atoms with van der Waals surface area (Å²) in [5.41, 5.74) is 2.49. The molecule has 1 spiro atoms. The maximum Gasteiger partial charge on any atom is 0.339 e. The Morgan fingerprint density at radius 3 is 2.76 bits per heavy atom. The van der Waals surface area contributed by atoms with Crippen molar-refractivity contribution in [1.29, 1.82) is 0 Å². The van der Waals surface area contributed by atoms with Crippen LogP contribution in [0.4, 0.5) is 0 Å². The molecule has 1 N–H and O–H groups in total. The Balaban J connectivity index is 1.37. The number of aliphatic hydroxyl groups is 1. The van der Waals surface area contributed by atoms with Gasteiger partial charge >= 0.3 is 5.97 Å². The molecule has 0 aliphatic carbocycles. The third kappa shape index (κ3) is 3.02. The zero-order chi connectivity index (χ0) is 20.2. The Morgan fingerprint density at radius 1 is 1.17 bits per heavy atom. The maximum atomic E-state index is 12.8. The summed E-state index contributed by atoms with van der Waals surface area (Å²) < 4.78 is 5.27. The summed E-state index contributed by atoms with van der Waals surface area (Å²) in [4.78, 5) is 29.0. The van der Waals surface area contributed by atoms with Gasteiger partial charge in [0.05, 0.1) is 17.1 Å². The quantitative estimate of drug-likeness (QED) is 0.792. The van der Waals surface area contributed by atoms with Crippen LogP contribution in [0.2, 0.25) is 0 Å². The first-order valence-corrected chi connectivity index (χ1v) is 10.3. The molecule has 6 nitrogen and oxygen atoms in total. The fraction of sp³-hybridized carbons (Fsp3) is 0.478. The highest BCUT2D eigenvalue weighted by molar-refractivity contribution is 6.08. The largest absolute Gasteiger partial charge is 0.457 e. The summed E-state index contributed by atoms with van der Waals surface area (Å²) >= 11 is 0. The first-order chi connectivity index (χ1) is 14.0. The molecule has 0 aromatic heterocycles. The smallest absolute Gasteiger partial charge is 0.339 e. The molecule has 0 radical (unpaired) electrons. The van der Waals surface area contributed by atoms with Crippen molar-refractivity contribution in [3.63, 3.8) is 0 Å². The molecule has 6 heteroatoms. The fourth-order valence-electron chi connectivity index (χ4n) is 5.39. The molecular weight excluding hydrogens is 368 g/mol. The van der Waals surface area contributed by atoms with Crippen molar-refractivity contribution in [1.82, 2.24) is 9.80 Å². The molecule has 5 rings (SSSR count). The predicted octanol–water partition coefficient (Wildman–Crippen LogP) is 2.32. The lowest BCUT2D eigenvalue weighted by atomic mass is 9.71. The molecule has 3 aliphatic rings. The Labute approximate surface area is 170 Å². The van der Waals surface area contributed by atoms with Gasteiger partial charge in [-0.15, -0.1) is 0 Å². The number of likely N-dealkylation sites (tertiary alicyclic amines) is 2. The standard InChI is InChI=1S/C23H26N2O4/c1-24-13-17(26)11-23(22(24)28)7-9-25(10-8-23)12-15-5-6-16-14-29-21(27)19-4-2-3-18(15)20(16)19/h2-6,17,26H,7-14H2,1H3. The molecule has 2 aromatic rings. The van der Waals surface area contributed by atoms with Crippen LogP contribution in [-0.4, -0.2) is 59.6 Å². The van der Waals surface area contributed by atoms with E-state index in [-0.39, 0.29) is 11.9 Å². The van der Waals surface area contributed by atoms with E-state index in [1.54, 1.807) is 11.9 Å². The zero-order valence-electron chi connectivity index (χ0n) is 16.7. The van der Waals surface area contributed by atoms with Crippen LogP contribution in [0.1, 0.15) is 40.7 Å². The van der Waals surface area contributed by atoms with Gasteiger partial charge in [0.25, 0.3) is 0 Å². The van der Waals surface area contributed by atoms with Crippen molar-refractivity contribution >= 4 is 22.6 Å². The summed E-state index contributed by atoms with van der Waals surface area (Å²) in [7, 11) is 1.79.